The fourth-order valence-corrected chi connectivity index (χ4v) is 2.99. The van der Waals surface area contributed by atoms with Gasteiger partial charge in [0.1, 0.15) is 11.5 Å². The lowest BCUT2D eigenvalue weighted by Crippen LogP contribution is -2.46. The molecule has 1 fully saturated rings. The molecule has 0 spiro atoms. The Morgan fingerprint density at radius 1 is 1.19 bits per heavy atom. The van der Waals surface area contributed by atoms with Crippen LogP contribution in [-0.4, -0.2) is 36.7 Å². The summed E-state index contributed by atoms with van der Waals surface area (Å²) in [5, 5.41) is 3.05. The number of rotatable bonds is 3. The van der Waals surface area contributed by atoms with Crippen molar-refractivity contribution in [3.8, 4) is 11.5 Å². The summed E-state index contributed by atoms with van der Waals surface area (Å²) in [7, 11) is 3.26. The normalized spacial score (nSPS) is 22.2. The first-order valence-corrected chi connectivity index (χ1v) is 7.11. The van der Waals surface area contributed by atoms with Crippen LogP contribution in [0.3, 0.4) is 0 Å². The first-order valence-electron chi connectivity index (χ1n) is 7.11. The summed E-state index contributed by atoms with van der Waals surface area (Å²) in [6.07, 6.45) is 0. The number of urea groups is 1. The Hall–Kier alpha value is -1.91. The van der Waals surface area contributed by atoms with Crippen LogP contribution in [0.15, 0.2) is 18.2 Å². The molecule has 2 atom stereocenters. The predicted molar refractivity (Wildman–Crippen MR) is 81.9 cm³/mol. The van der Waals surface area contributed by atoms with Gasteiger partial charge in [0.2, 0.25) is 0 Å². The average molecular weight is 292 g/mol. The van der Waals surface area contributed by atoms with Gasteiger partial charge in [0, 0.05) is 11.1 Å². The van der Waals surface area contributed by atoms with Crippen LogP contribution < -0.4 is 14.8 Å². The lowest BCUT2D eigenvalue weighted by molar-refractivity contribution is 0.141. The number of benzene rings is 1. The van der Waals surface area contributed by atoms with E-state index in [2.05, 4.69) is 5.32 Å². The molecule has 0 saturated carbocycles. The Morgan fingerprint density at radius 2 is 1.86 bits per heavy atom. The zero-order valence-corrected chi connectivity index (χ0v) is 13.6. The van der Waals surface area contributed by atoms with E-state index in [4.69, 9.17) is 9.47 Å². The first kappa shape index (κ1) is 15.5. The predicted octanol–water partition coefficient (Wildman–Crippen LogP) is 2.96. The van der Waals surface area contributed by atoms with E-state index in [0.717, 1.165) is 17.1 Å². The van der Waals surface area contributed by atoms with E-state index in [1.54, 1.807) is 14.2 Å². The van der Waals surface area contributed by atoms with Crippen molar-refractivity contribution < 1.29 is 14.3 Å². The number of hydrogen-bond acceptors (Lipinski definition) is 3. The lowest BCUT2D eigenvalue weighted by atomic mass is 9.97. The molecule has 1 saturated heterocycles. The molecule has 1 aromatic rings. The van der Waals surface area contributed by atoms with E-state index in [0.29, 0.717) is 0 Å². The fraction of sp³-hybridized carbons (Fsp3) is 0.562. The molecule has 0 radical (unpaired) electrons. The molecule has 116 valence electrons. The summed E-state index contributed by atoms with van der Waals surface area (Å²) in [6.45, 7) is 8.16. The van der Waals surface area contributed by atoms with Crippen LogP contribution in [0.5, 0.6) is 11.5 Å². The Balaban J connectivity index is 2.41. The third kappa shape index (κ3) is 2.77. The van der Waals surface area contributed by atoms with Crippen molar-refractivity contribution in [3.05, 3.63) is 23.8 Å². The SMILES string of the molecule is COc1ccc(OC)c([C@H]2NC(=O)N(C(C)(C)C)[C@H]2C)c1. The summed E-state index contributed by atoms with van der Waals surface area (Å²) >= 11 is 0. The molecular formula is C16H24N2O3. The minimum absolute atomic E-state index is 0.0264. The molecule has 5 heteroatoms. The van der Waals surface area contributed by atoms with Gasteiger partial charge >= 0.3 is 6.03 Å². The van der Waals surface area contributed by atoms with Crippen LogP contribution >= 0.6 is 0 Å². The third-order valence-corrected chi connectivity index (χ3v) is 3.88. The number of ether oxygens (including phenoxy) is 2. The molecule has 2 rings (SSSR count). The Morgan fingerprint density at radius 3 is 2.33 bits per heavy atom. The lowest BCUT2D eigenvalue weighted by Gasteiger charge is -2.35. The molecule has 1 aliphatic rings. The smallest absolute Gasteiger partial charge is 0.318 e. The Bertz CT molecular complexity index is 537. The van der Waals surface area contributed by atoms with E-state index in [1.807, 2.05) is 50.8 Å². The topological polar surface area (TPSA) is 50.8 Å². The quantitative estimate of drug-likeness (QED) is 0.932. The zero-order valence-electron chi connectivity index (χ0n) is 13.6. The van der Waals surface area contributed by atoms with Crippen LogP contribution in [0.1, 0.15) is 39.3 Å². The van der Waals surface area contributed by atoms with Crippen molar-refractivity contribution in [2.75, 3.05) is 14.2 Å². The second kappa shape index (κ2) is 5.47. The van der Waals surface area contributed by atoms with Crippen molar-refractivity contribution in [3.63, 3.8) is 0 Å². The van der Waals surface area contributed by atoms with Crippen molar-refractivity contribution in [1.82, 2.24) is 10.2 Å². The molecule has 1 aliphatic heterocycles. The molecule has 21 heavy (non-hydrogen) atoms. The van der Waals surface area contributed by atoms with Crippen LogP contribution in [0.2, 0.25) is 0 Å². The summed E-state index contributed by atoms with van der Waals surface area (Å²) in [4.78, 5) is 14.2. The third-order valence-electron chi connectivity index (χ3n) is 3.88. The first-order chi connectivity index (χ1) is 9.79. The molecule has 0 aromatic heterocycles. The van der Waals surface area contributed by atoms with Crippen LogP contribution in [0.4, 0.5) is 4.79 Å². The van der Waals surface area contributed by atoms with Gasteiger partial charge in [0.15, 0.2) is 0 Å². The van der Waals surface area contributed by atoms with E-state index >= 15 is 0 Å². The molecule has 1 aromatic carbocycles. The molecule has 0 unspecified atom stereocenters. The summed E-state index contributed by atoms with van der Waals surface area (Å²) in [5.74, 6) is 1.50. The highest BCUT2D eigenvalue weighted by atomic mass is 16.5. The summed E-state index contributed by atoms with van der Waals surface area (Å²) in [5.41, 5.74) is 0.703. The van der Waals surface area contributed by atoms with Gasteiger partial charge in [-0.3, -0.25) is 0 Å². The van der Waals surface area contributed by atoms with E-state index < -0.39 is 0 Å². The molecule has 1 heterocycles. The maximum absolute atomic E-state index is 12.3. The van der Waals surface area contributed by atoms with Crippen LogP contribution in [-0.2, 0) is 0 Å². The maximum Gasteiger partial charge on any atom is 0.318 e. The molecule has 0 aliphatic carbocycles. The van der Waals surface area contributed by atoms with E-state index in [9.17, 15) is 4.79 Å². The largest absolute Gasteiger partial charge is 0.497 e. The van der Waals surface area contributed by atoms with Gasteiger partial charge in [0.25, 0.3) is 0 Å². The molecule has 1 N–H and O–H groups in total. The van der Waals surface area contributed by atoms with Gasteiger partial charge in [-0.15, -0.1) is 0 Å². The highest BCUT2D eigenvalue weighted by Crippen LogP contribution is 2.37. The number of hydrogen-bond donors (Lipinski definition) is 1. The highest BCUT2D eigenvalue weighted by Gasteiger charge is 2.43. The van der Waals surface area contributed by atoms with Crippen LogP contribution in [0.25, 0.3) is 0 Å². The second-order valence-corrected chi connectivity index (χ2v) is 6.32. The minimum atomic E-state index is -0.232. The van der Waals surface area contributed by atoms with Crippen molar-refractivity contribution in [2.24, 2.45) is 0 Å². The number of carbonyl (C=O) groups excluding carboxylic acids is 1. The van der Waals surface area contributed by atoms with Gasteiger partial charge in [0.05, 0.1) is 26.3 Å². The van der Waals surface area contributed by atoms with Gasteiger partial charge < -0.3 is 19.7 Å². The zero-order chi connectivity index (χ0) is 15.8. The second-order valence-electron chi connectivity index (χ2n) is 6.32. The Kier molecular flexibility index (Phi) is 4.03. The van der Waals surface area contributed by atoms with Gasteiger partial charge in [-0.2, -0.15) is 0 Å². The van der Waals surface area contributed by atoms with Crippen molar-refractivity contribution in [2.45, 2.75) is 45.3 Å². The average Bonchev–Trinajstić information content (AvgIpc) is 2.72. The van der Waals surface area contributed by atoms with Gasteiger partial charge in [-0.05, 0) is 45.9 Å². The molecular weight excluding hydrogens is 268 g/mol. The number of carbonyl (C=O) groups is 1. The van der Waals surface area contributed by atoms with Gasteiger partial charge in [-0.1, -0.05) is 0 Å². The summed E-state index contributed by atoms with van der Waals surface area (Å²) < 4.78 is 10.7. The molecule has 5 nitrogen and oxygen atoms in total. The Labute approximate surface area is 126 Å². The standard InChI is InChI=1S/C16H24N2O3/c1-10-14(17-15(19)18(10)16(2,3)4)12-9-11(20-5)7-8-13(12)21-6/h7-10,14H,1-6H3,(H,17,19)/t10-,14-/m0/s1. The van der Waals surface area contributed by atoms with E-state index in [-0.39, 0.29) is 23.7 Å². The van der Waals surface area contributed by atoms with Crippen molar-refractivity contribution >= 4 is 6.03 Å². The maximum atomic E-state index is 12.3. The highest BCUT2D eigenvalue weighted by molar-refractivity contribution is 5.79. The van der Waals surface area contributed by atoms with Crippen molar-refractivity contribution in [1.29, 1.82) is 0 Å². The number of amides is 2. The number of methoxy groups -OCH3 is 2. The monoisotopic (exact) mass is 292 g/mol. The number of nitrogens with zero attached hydrogens (tertiary/aromatic N) is 1. The fourth-order valence-electron chi connectivity index (χ4n) is 2.99. The van der Waals surface area contributed by atoms with Gasteiger partial charge in [-0.25, -0.2) is 4.79 Å². The number of nitrogens with one attached hydrogen (secondary N) is 1. The molecule has 2 amide bonds. The van der Waals surface area contributed by atoms with E-state index in [1.165, 1.54) is 0 Å². The van der Waals surface area contributed by atoms with Crippen LogP contribution in [0, 0.1) is 0 Å². The molecule has 0 bridgehead atoms. The summed E-state index contributed by atoms with van der Waals surface area (Å²) in [6, 6.07) is 5.50. The minimum Gasteiger partial charge on any atom is -0.497 e.